The number of esters is 1. The molecule has 0 spiro atoms. The van der Waals surface area contributed by atoms with E-state index in [2.05, 4.69) is 6.58 Å². The molecule has 1 fully saturated rings. The molecule has 0 radical (unpaired) electrons. The molecule has 1 aliphatic heterocycles. The summed E-state index contributed by atoms with van der Waals surface area (Å²) in [6, 6.07) is 9.77. The second kappa shape index (κ2) is 3.66. The molecule has 1 saturated heterocycles. The Balaban J connectivity index is 2.20. The molecular formula is C12H12O2. The topological polar surface area (TPSA) is 26.3 Å². The summed E-state index contributed by atoms with van der Waals surface area (Å²) in [6.07, 6.45) is 0.757. The highest BCUT2D eigenvalue weighted by Gasteiger charge is 2.29. The molecule has 0 N–H and O–H groups in total. The average Bonchev–Trinajstić information content (AvgIpc) is 2.65. The van der Waals surface area contributed by atoms with Gasteiger partial charge in [-0.1, -0.05) is 36.9 Å². The summed E-state index contributed by atoms with van der Waals surface area (Å²) in [5.41, 5.74) is 1.89. The summed E-state index contributed by atoms with van der Waals surface area (Å²) in [5.74, 6) is -0.281. The molecule has 1 aromatic rings. The predicted octanol–water partition coefficient (Wildman–Crippen LogP) is 2.26. The highest BCUT2D eigenvalue weighted by Crippen LogP contribution is 2.28. The first kappa shape index (κ1) is 9.00. The lowest BCUT2D eigenvalue weighted by molar-refractivity contribution is -0.139. The third-order valence-corrected chi connectivity index (χ3v) is 2.50. The summed E-state index contributed by atoms with van der Waals surface area (Å²) in [4.78, 5) is 11.3. The van der Waals surface area contributed by atoms with Crippen LogP contribution in [0.2, 0.25) is 0 Å². The van der Waals surface area contributed by atoms with Gasteiger partial charge in [-0.3, -0.25) is 4.79 Å². The van der Waals surface area contributed by atoms with Crippen LogP contribution in [0, 0.1) is 5.92 Å². The SMILES string of the molecule is C=C(c1ccccc1)[C@@H]1CCOC1=O. The van der Waals surface area contributed by atoms with Gasteiger partial charge in [0.15, 0.2) is 0 Å². The molecular weight excluding hydrogens is 176 g/mol. The molecule has 0 saturated carbocycles. The molecule has 0 aromatic heterocycles. The summed E-state index contributed by atoms with van der Waals surface area (Å²) >= 11 is 0. The Hall–Kier alpha value is -1.57. The fraction of sp³-hybridized carbons (Fsp3) is 0.250. The van der Waals surface area contributed by atoms with Crippen molar-refractivity contribution < 1.29 is 9.53 Å². The van der Waals surface area contributed by atoms with Crippen LogP contribution in [0.1, 0.15) is 12.0 Å². The zero-order chi connectivity index (χ0) is 9.97. The van der Waals surface area contributed by atoms with Crippen molar-refractivity contribution in [1.29, 1.82) is 0 Å². The van der Waals surface area contributed by atoms with Crippen molar-refractivity contribution in [2.45, 2.75) is 6.42 Å². The van der Waals surface area contributed by atoms with Crippen LogP contribution in [0.4, 0.5) is 0 Å². The van der Waals surface area contributed by atoms with Crippen LogP contribution in [0.15, 0.2) is 36.9 Å². The molecule has 0 bridgehead atoms. The van der Waals surface area contributed by atoms with Crippen molar-refractivity contribution in [2.24, 2.45) is 5.92 Å². The Morgan fingerprint density at radius 3 is 2.64 bits per heavy atom. The lowest BCUT2D eigenvalue weighted by atomic mass is 9.93. The first-order valence-corrected chi connectivity index (χ1v) is 4.70. The van der Waals surface area contributed by atoms with Crippen LogP contribution in [0.25, 0.3) is 5.57 Å². The van der Waals surface area contributed by atoms with Crippen LogP contribution < -0.4 is 0 Å². The van der Waals surface area contributed by atoms with Gasteiger partial charge in [-0.2, -0.15) is 0 Å². The fourth-order valence-electron chi connectivity index (χ4n) is 1.67. The van der Waals surface area contributed by atoms with Crippen LogP contribution in [-0.4, -0.2) is 12.6 Å². The lowest BCUT2D eigenvalue weighted by Crippen LogP contribution is -2.08. The summed E-state index contributed by atoms with van der Waals surface area (Å²) < 4.78 is 4.91. The normalized spacial score (nSPS) is 20.6. The van der Waals surface area contributed by atoms with Gasteiger partial charge >= 0.3 is 5.97 Å². The molecule has 0 unspecified atom stereocenters. The Labute approximate surface area is 83.2 Å². The second-order valence-electron chi connectivity index (χ2n) is 3.40. The van der Waals surface area contributed by atoms with Crippen LogP contribution in [0.3, 0.4) is 0 Å². The van der Waals surface area contributed by atoms with Gasteiger partial charge in [0.1, 0.15) is 0 Å². The first-order valence-electron chi connectivity index (χ1n) is 4.70. The minimum absolute atomic E-state index is 0.140. The number of benzene rings is 1. The molecule has 0 aliphatic carbocycles. The van der Waals surface area contributed by atoms with Crippen molar-refractivity contribution >= 4 is 11.5 Å². The van der Waals surface area contributed by atoms with Gasteiger partial charge in [-0.15, -0.1) is 0 Å². The number of hydrogen-bond donors (Lipinski definition) is 0. The van der Waals surface area contributed by atoms with Crippen LogP contribution in [0.5, 0.6) is 0 Å². The highest BCUT2D eigenvalue weighted by atomic mass is 16.5. The van der Waals surface area contributed by atoms with E-state index < -0.39 is 0 Å². The zero-order valence-corrected chi connectivity index (χ0v) is 7.90. The van der Waals surface area contributed by atoms with E-state index in [9.17, 15) is 4.79 Å². The van der Waals surface area contributed by atoms with Gasteiger partial charge < -0.3 is 4.74 Å². The standard InChI is InChI=1S/C12H12O2/c1-9(10-5-3-2-4-6-10)11-7-8-14-12(11)13/h2-6,11H,1,7-8H2/t11-/m0/s1. The van der Waals surface area contributed by atoms with E-state index in [0.717, 1.165) is 17.6 Å². The maximum atomic E-state index is 11.3. The molecule has 1 heterocycles. The first-order chi connectivity index (χ1) is 6.79. The smallest absolute Gasteiger partial charge is 0.313 e. The fourth-order valence-corrected chi connectivity index (χ4v) is 1.67. The van der Waals surface area contributed by atoms with Crippen molar-refractivity contribution in [3.63, 3.8) is 0 Å². The average molecular weight is 188 g/mol. The Morgan fingerprint density at radius 1 is 1.36 bits per heavy atom. The van der Waals surface area contributed by atoms with E-state index in [1.807, 2.05) is 30.3 Å². The monoisotopic (exact) mass is 188 g/mol. The molecule has 1 atom stereocenters. The summed E-state index contributed by atoms with van der Waals surface area (Å²) in [5, 5.41) is 0. The third-order valence-electron chi connectivity index (χ3n) is 2.50. The van der Waals surface area contributed by atoms with Crippen molar-refractivity contribution in [2.75, 3.05) is 6.61 Å². The minimum Gasteiger partial charge on any atom is -0.465 e. The minimum atomic E-state index is -0.141. The quantitative estimate of drug-likeness (QED) is 0.665. The Morgan fingerprint density at radius 2 is 2.07 bits per heavy atom. The molecule has 2 rings (SSSR count). The highest BCUT2D eigenvalue weighted by molar-refractivity contribution is 5.88. The van der Waals surface area contributed by atoms with Crippen LogP contribution in [-0.2, 0) is 9.53 Å². The summed E-state index contributed by atoms with van der Waals surface area (Å²) in [7, 11) is 0. The van der Waals surface area contributed by atoms with Crippen molar-refractivity contribution in [1.82, 2.24) is 0 Å². The van der Waals surface area contributed by atoms with E-state index in [-0.39, 0.29) is 11.9 Å². The van der Waals surface area contributed by atoms with Crippen molar-refractivity contribution in [3.05, 3.63) is 42.5 Å². The maximum absolute atomic E-state index is 11.3. The predicted molar refractivity (Wildman–Crippen MR) is 54.5 cm³/mol. The van der Waals surface area contributed by atoms with Gasteiger partial charge in [0.2, 0.25) is 0 Å². The molecule has 1 aromatic carbocycles. The zero-order valence-electron chi connectivity index (χ0n) is 7.90. The number of carbonyl (C=O) groups excluding carboxylic acids is 1. The molecule has 0 amide bonds. The van der Waals surface area contributed by atoms with Gasteiger partial charge in [-0.05, 0) is 17.6 Å². The molecule has 72 valence electrons. The Kier molecular flexibility index (Phi) is 2.35. The van der Waals surface area contributed by atoms with Gasteiger partial charge in [0.25, 0.3) is 0 Å². The largest absolute Gasteiger partial charge is 0.465 e. The number of rotatable bonds is 2. The van der Waals surface area contributed by atoms with Gasteiger partial charge in [-0.25, -0.2) is 0 Å². The number of hydrogen-bond acceptors (Lipinski definition) is 2. The lowest BCUT2D eigenvalue weighted by Gasteiger charge is -2.09. The van der Waals surface area contributed by atoms with Gasteiger partial charge in [0, 0.05) is 0 Å². The maximum Gasteiger partial charge on any atom is 0.313 e. The van der Waals surface area contributed by atoms with E-state index in [1.165, 1.54) is 0 Å². The van der Waals surface area contributed by atoms with E-state index in [1.54, 1.807) is 0 Å². The molecule has 1 aliphatic rings. The third kappa shape index (κ3) is 1.55. The summed E-state index contributed by atoms with van der Waals surface area (Å²) in [6.45, 7) is 4.48. The molecule has 2 heteroatoms. The number of ether oxygens (including phenoxy) is 1. The number of carbonyl (C=O) groups is 1. The van der Waals surface area contributed by atoms with Crippen LogP contribution >= 0.6 is 0 Å². The molecule has 2 nitrogen and oxygen atoms in total. The van der Waals surface area contributed by atoms with E-state index >= 15 is 0 Å². The second-order valence-corrected chi connectivity index (χ2v) is 3.40. The van der Waals surface area contributed by atoms with E-state index in [0.29, 0.717) is 6.61 Å². The van der Waals surface area contributed by atoms with E-state index in [4.69, 9.17) is 4.74 Å². The van der Waals surface area contributed by atoms with Crippen molar-refractivity contribution in [3.8, 4) is 0 Å². The van der Waals surface area contributed by atoms with Gasteiger partial charge in [0.05, 0.1) is 12.5 Å². The molecule has 14 heavy (non-hydrogen) atoms. The Bertz CT molecular complexity index is 354. The number of cyclic esters (lactones) is 1.